The number of hydrogen-bond acceptors (Lipinski definition) is 3. The van der Waals surface area contributed by atoms with Crippen LogP contribution in [-0.2, 0) is 6.17 Å². The van der Waals surface area contributed by atoms with Gasteiger partial charge < -0.3 is 14.0 Å². The van der Waals surface area contributed by atoms with Gasteiger partial charge in [0.1, 0.15) is 11.5 Å². The lowest BCUT2D eigenvalue weighted by molar-refractivity contribution is 0.309. The van der Waals surface area contributed by atoms with Crippen molar-refractivity contribution in [2.45, 2.75) is 52.5 Å². The molecule has 0 radical (unpaired) electrons. The Bertz CT molecular complexity index is 1660. The smallest absolute Gasteiger partial charge is 0.206 e. The van der Waals surface area contributed by atoms with Gasteiger partial charge in [-0.15, -0.1) is 0 Å². The molecule has 0 fully saturated rings. The summed E-state index contributed by atoms with van der Waals surface area (Å²) in [5.74, 6) is 1.86. The van der Waals surface area contributed by atoms with Crippen molar-refractivity contribution in [3.8, 4) is 11.5 Å². The number of ether oxygens (including phenoxy) is 2. The second kappa shape index (κ2) is 18.7. The SMILES string of the molecule is CB(c1ccccc1)c1ccccc1.CCCCOc1ccc([Si](Cn2ccnc2)(c2ccccc2)c2ccc(OCCCC)cc2)cc1. The van der Waals surface area contributed by atoms with Gasteiger partial charge in [-0.1, -0.05) is 160 Å². The summed E-state index contributed by atoms with van der Waals surface area (Å²) >= 11 is 0. The van der Waals surface area contributed by atoms with Gasteiger partial charge >= 0.3 is 0 Å². The van der Waals surface area contributed by atoms with Crippen LogP contribution in [0.25, 0.3) is 0 Å². The molecular formula is C43H49BN2O2Si. The molecule has 1 heterocycles. The first kappa shape index (κ1) is 35.5. The molecule has 0 saturated carbocycles. The van der Waals surface area contributed by atoms with Crippen molar-refractivity contribution in [1.29, 1.82) is 0 Å². The topological polar surface area (TPSA) is 36.3 Å². The lowest BCUT2D eigenvalue weighted by Crippen LogP contribution is -2.69. The first-order chi connectivity index (χ1) is 24.1. The highest BCUT2D eigenvalue weighted by Gasteiger charge is 2.40. The largest absolute Gasteiger partial charge is 0.494 e. The summed E-state index contributed by atoms with van der Waals surface area (Å²) in [6.45, 7) is 8.60. The van der Waals surface area contributed by atoms with Gasteiger partial charge in [-0.05, 0) is 52.7 Å². The third-order valence-corrected chi connectivity index (χ3v) is 13.9. The van der Waals surface area contributed by atoms with E-state index in [4.69, 9.17) is 9.47 Å². The van der Waals surface area contributed by atoms with Crippen LogP contribution >= 0.6 is 0 Å². The Balaban J connectivity index is 0.000000278. The van der Waals surface area contributed by atoms with Gasteiger partial charge in [0.25, 0.3) is 0 Å². The van der Waals surface area contributed by atoms with E-state index >= 15 is 0 Å². The Kier molecular flexibility index (Phi) is 13.5. The number of aromatic nitrogens is 2. The number of imidazole rings is 1. The van der Waals surface area contributed by atoms with Crippen LogP contribution in [0, 0.1) is 0 Å². The van der Waals surface area contributed by atoms with Crippen LogP contribution in [0.15, 0.2) is 158 Å². The molecule has 250 valence electrons. The van der Waals surface area contributed by atoms with Gasteiger partial charge in [0, 0.05) is 18.6 Å². The Morgan fingerprint density at radius 2 is 1.00 bits per heavy atom. The van der Waals surface area contributed by atoms with Crippen LogP contribution < -0.4 is 36.0 Å². The van der Waals surface area contributed by atoms with E-state index in [-0.39, 0.29) is 0 Å². The predicted molar refractivity (Wildman–Crippen MR) is 211 cm³/mol. The number of unbranched alkanes of at least 4 members (excludes halogenated alkanes) is 2. The summed E-state index contributed by atoms with van der Waals surface area (Å²) in [7, 11) is -2.44. The molecule has 0 amide bonds. The van der Waals surface area contributed by atoms with Gasteiger partial charge in [0.05, 0.1) is 19.5 Å². The fraction of sp³-hybridized carbons (Fsp3) is 0.233. The summed E-state index contributed by atoms with van der Waals surface area (Å²) in [5.41, 5.74) is 2.75. The summed E-state index contributed by atoms with van der Waals surface area (Å²) in [5, 5.41) is 4.06. The summed E-state index contributed by atoms with van der Waals surface area (Å²) in [6, 6.07) is 49.7. The lowest BCUT2D eigenvalue weighted by Gasteiger charge is -2.34. The fourth-order valence-electron chi connectivity index (χ4n) is 6.17. The first-order valence-electron chi connectivity index (χ1n) is 17.7. The monoisotopic (exact) mass is 664 g/mol. The molecule has 0 N–H and O–H groups in total. The van der Waals surface area contributed by atoms with E-state index in [2.05, 4.69) is 176 Å². The minimum Gasteiger partial charge on any atom is -0.494 e. The molecule has 0 bridgehead atoms. The molecule has 0 aliphatic carbocycles. The Morgan fingerprint density at radius 1 is 0.571 bits per heavy atom. The molecule has 0 aliphatic rings. The third-order valence-electron chi connectivity index (χ3n) is 9.07. The highest BCUT2D eigenvalue weighted by atomic mass is 28.3. The second-order valence-corrected chi connectivity index (χ2v) is 16.4. The van der Waals surface area contributed by atoms with E-state index < -0.39 is 8.07 Å². The molecule has 0 saturated heterocycles. The van der Waals surface area contributed by atoms with Gasteiger partial charge in [0.2, 0.25) is 6.71 Å². The van der Waals surface area contributed by atoms with E-state index in [1.165, 1.54) is 26.5 Å². The Morgan fingerprint density at radius 3 is 1.41 bits per heavy atom. The maximum atomic E-state index is 5.98. The molecule has 6 rings (SSSR count). The van der Waals surface area contributed by atoms with Crippen LogP contribution in [0.2, 0.25) is 6.82 Å². The maximum Gasteiger partial charge on any atom is 0.206 e. The molecule has 6 heteroatoms. The molecule has 0 unspecified atom stereocenters. The molecule has 5 aromatic carbocycles. The highest BCUT2D eigenvalue weighted by molar-refractivity contribution is 7.10. The van der Waals surface area contributed by atoms with Crippen LogP contribution in [0.3, 0.4) is 0 Å². The van der Waals surface area contributed by atoms with E-state index in [0.717, 1.165) is 56.6 Å². The van der Waals surface area contributed by atoms with Crippen LogP contribution in [-0.4, -0.2) is 37.6 Å². The average Bonchev–Trinajstić information content (AvgIpc) is 3.69. The maximum absolute atomic E-state index is 5.98. The fourth-order valence-corrected chi connectivity index (χ4v) is 10.7. The van der Waals surface area contributed by atoms with Crippen LogP contribution in [0.4, 0.5) is 0 Å². The van der Waals surface area contributed by atoms with Crippen LogP contribution in [0.5, 0.6) is 11.5 Å². The average molecular weight is 665 g/mol. The quantitative estimate of drug-likeness (QED) is 0.0683. The second-order valence-electron chi connectivity index (χ2n) is 12.5. The molecule has 0 spiro atoms. The lowest BCUT2D eigenvalue weighted by atomic mass is 9.43. The van der Waals surface area contributed by atoms with Gasteiger partial charge in [-0.3, -0.25) is 0 Å². The highest BCUT2D eigenvalue weighted by Crippen LogP contribution is 2.17. The molecule has 1 aromatic heterocycles. The third kappa shape index (κ3) is 9.64. The molecular weight excluding hydrogens is 615 g/mol. The Hall–Kier alpha value is -4.81. The number of benzene rings is 5. The zero-order valence-corrected chi connectivity index (χ0v) is 30.2. The van der Waals surface area contributed by atoms with E-state index in [0.29, 0.717) is 6.71 Å². The summed E-state index contributed by atoms with van der Waals surface area (Å²) in [4.78, 5) is 4.34. The molecule has 4 nitrogen and oxygen atoms in total. The van der Waals surface area contributed by atoms with Crippen molar-refractivity contribution in [3.63, 3.8) is 0 Å². The van der Waals surface area contributed by atoms with E-state index in [9.17, 15) is 0 Å². The number of hydrogen-bond donors (Lipinski definition) is 0. The van der Waals surface area contributed by atoms with Crippen LogP contribution in [0.1, 0.15) is 39.5 Å². The number of rotatable bonds is 15. The van der Waals surface area contributed by atoms with Crippen molar-refractivity contribution in [3.05, 3.63) is 158 Å². The molecule has 0 atom stereocenters. The Labute approximate surface area is 294 Å². The van der Waals surface area contributed by atoms with E-state index in [1.54, 1.807) is 0 Å². The van der Waals surface area contributed by atoms with Crippen molar-refractivity contribution in [1.82, 2.24) is 9.55 Å². The summed E-state index contributed by atoms with van der Waals surface area (Å²) < 4.78 is 14.2. The zero-order valence-electron chi connectivity index (χ0n) is 29.2. The molecule has 49 heavy (non-hydrogen) atoms. The van der Waals surface area contributed by atoms with Crippen molar-refractivity contribution in [2.75, 3.05) is 13.2 Å². The predicted octanol–water partition coefficient (Wildman–Crippen LogP) is 6.88. The minimum atomic E-state index is -2.44. The zero-order chi connectivity index (χ0) is 34.2. The van der Waals surface area contributed by atoms with Gasteiger partial charge in [0.15, 0.2) is 8.07 Å². The summed E-state index contributed by atoms with van der Waals surface area (Å²) in [6.07, 6.45) is 11.1. The normalized spacial score (nSPS) is 10.9. The van der Waals surface area contributed by atoms with Crippen molar-refractivity contribution < 1.29 is 9.47 Å². The van der Waals surface area contributed by atoms with Crippen molar-refractivity contribution >= 4 is 41.3 Å². The standard InChI is InChI=1S/C30H36N2O2Si.C13H13B/c1-3-5-22-33-26-12-16-29(17-13-26)35(25-32-21-20-31-24-32,28-10-8-7-9-11-28)30-18-14-27(15-19-30)34-23-6-4-2;1-14(12-8-4-2-5-9-12)13-10-6-3-7-11-13/h7-21,24H,3-6,22-23,25H2,1-2H3;2-11H,1H3. The van der Waals surface area contributed by atoms with Crippen molar-refractivity contribution in [2.24, 2.45) is 0 Å². The van der Waals surface area contributed by atoms with Gasteiger partial charge in [-0.25, -0.2) is 4.98 Å². The molecule has 0 aliphatic heterocycles. The van der Waals surface area contributed by atoms with Gasteiger partial charge in [-0.2, -0.15) is 0 Å². The molecule has 6 aromatic rings. The number of nitrogens with zero attached hydrogens (tertiary/aromatic N) is 2. The first-order valence-corrected chi connectivity index (χ1v) is 19.9. The minimum absolute atomic E-state index is 0.484. The van der Waals surface area contributed by atoms with E-state index in [1.807, 2.05) is 12.5 Å².